The third kappa shape index (κ3) is 19.0. The minimum atomic E-state index is -0.721. The number of esters is 1. The average molecular weight is 592 g/mol. The fourth-order valence-electron chi connectivity index (χ4n) is 6.31. The predicted molar refractivity (Wildman–Crippen MR) is 176 cm³/mol. The van der Waals surface area contributed by atoms with Crippen LogP contribution in [0.15, 0.2) is 0 Å². The summed E-state index contributed by atoms with van der Waals surface area (Å²) >= 11 is 0. The number of hydrogen-bond donors (Lipinski definition) is 0. The molecule has 0 aromatic carbocycles. The molecule has 0 spiro atoms. The van der Waals surface area contributed by atoms with E-state index in [1.807, 2.05) is 0 Å². The fourth-order valence-corrected chi connectivity index (χ4v) is 6.31. The highest BCUT2D eigenvalue weighted by atomic mass is 16.5. The van der Waals surface area contributed by atoms with Crippen LogP contribution in [-0.2, 0) is 19.1 Å². The molecule has 0 radical (unpaired) electrons. The summed E-state index contributed by atoms with van der Waals surface area (Å²) in [6.07, 6.45) is 31.9. The van der Waals surface area contributed by atoms with Crippen molar-refractivity contribution in [2.75, 3.05) is 6.61 Å². The molecule has 1 fully saturated rings. The second kappa shape index (κ2) is 27.2. The van der Waals surface area contributed by atoms with Crippen LogP contribution in [0.2, 0.25) is 0 Å². The third-order valence-electron chi connectivity index (χ3n) is 9.14. The van der Waals surface area contributed by atoms with E-state index in [-0.39, 0.29) is 24.2 Å². The van der Waals surface area contributed by atoms with Gasteiger partial charge in [0.15, 0.2) is 0 Å². The van der Waals surface area contributed by atoms with Gasteiger partial charge in [0.25, 0.3) is 0 Å². The smallest absolute Gasteiger partial charge is 0.329 e. The van der Waals surface area contributed by atoms with E-state index >= 15 is 0 Å². The lowest BCUT2D eigenvalue weighted by Crippen LogP contribution is -2.44. The molecule has 2 unspecified atom stereocenters. The van der Waals surface area contributed by atoms with Crippen molar-refractivity contribution in [3.05, 3.63) is 0 Å². The Balaban J connectivity index is 2.44. The summed E-state index contributed by atoms with van der Waals surface area (Å²) in [6, 6.07) is -0.721. The molecule has 42 heavy (non-hydrogen) atoms. The Morgan fingerprint density at radius 3 is 1.50 bits per heavy atom. The second-order valence-electron chi connectivity index (χ2n) is 13.1. The van der Waals surface area contributed by atoms with Gasteiger partial charge in [-0.3, -0.25) is 14.5 Å². The van der Waals surface area contributed by atoms with E-state index in [0.717, 1.165) is 32.1 Å². The monoisotopic (exact) mass is 592 g/mol. The summed E-state index contributed by atoms with van der Waals surface area (Å²) in [5.74, 6) is -0.390. The fraction of sp³-hybridized carbons (Fsp3) is 0.919. The van der Waals surface area contributed by atoms with Crippen LogP contribution in [0.1, 0.15) is 201 Å². The van der Waals surface area contributed by atoms with Crippen molar-refractivity contribution >= 4 is 17.8 Å². The molecule has 5 heteroatoms. The molecule has 0 aliphatic carbocycles. The molecule has 246 valence electrons. The van der Waals surface area contributed by atoms with Crippen molar-refractivity contribution in [1.82, 2.24) is 4.90 Å². The topological polar surface area (TPSA) is 63.7 Å². The first-order valence-electron chi connectivity index (χ1n) is 18.6. The van der Waals surface area contributed by atoms with Crippen LogP contribution in [0.4, 0.5) is 0 Å². The molecule has 2 atom stereocenters. The van der Waals surface area contributed by atoms with Gasteiger partial charge in [-0.25, -0.2) is 4.79 Å². The van der Waals surface area contributed by atoms with Gasteiger partial charge in [-0.15, -0.1) is 0 Å². The van der Waals surface area contributed by atoms with Crippen LogP contribution in [0, 0.1) is 5.92 Å². The quantitative estimate of drug-likeness (QED) is 0.0641. The van der Waals surface area contributed by atoms with Gasteiger partial charge in [-0.1, -0.05) is 162 Å². The van der Waals surface area contributed by atoms with Gasteiger partial charge in [0.1, 0.15) is 6.04 Å². The number of ether oxygens (including phenoxy) is 1. The van der Waals surface area contributed by atoms with Crippen LogP contribution in [-0.4, -0.2) is 35.3 Å². The van der Waals surface area contributed by atoms with Crippen LogP contribution in [0.3, 0.4) is 0 Å². The number of imide groups is 1. The van der Waals surface area contributed by atoms with Gasteiger partial charge in [0, 0.05) is 12.8 Å². The molecule has 1 aliphatic rings. The van der Waals surface area contributed by atoms with Crippen LogP contribution < -0.4 is 0 Å². The van der Waals surface area contributed by atoms with Crippen LogP contribution in [0.5, 0.6) is 0 Å². The largest absolute Gasteiger partial charge is 0.464 e. The SMILES string of the molecule is CCCCCCCCCCCC(=O)N1C(=O)CCC1C(=O)OCC(CCCCCCCC)CCCCCCCCCC. The molecule has 0 aromatic rings. The van der Waals surface area contributed by atoms with Gasteiger partial charge in [-0.05, 0) is 31.6 Å². The van der Waals surface area contributed by atoms with Gasteiger partial charge >= 0.3 is 5.97 Å². The highest BCUT2D eigenvalue weighted by Crippen LogP contribution is 2.24. The molecule has 1 saturated heterocycles. The summed E-state index contributed by atoms with van der Waals surface area (Å²) in [5.41, 5.74) is 0. The van der Waals surface area contributed by atoms with E-state index in [4.69, 9.17) is 4.74 Å². The molecule has 1 rings (SSSR count). The average Bonchev–Trinajstić information content (AvgIpc) is 3.38. The summed E-state index contributed by atoms with van der Waals surface area (Å²) in [6.45, 7) is 7.17. The zero-order valence-electron chi connectivity index (χ0n) is 28.2. The molecular formula is C37H69NO4. The van der Waals surface area contributed by atoms with Gasteiger partial charge in [-0.2, -0.15) is 0 Å². The lowest BCUT2D eigenvalue weighted by molar-refractivity contribution is -0.158. The first kappa shape index (κ1) is 38.6. The Hall–Kier alpha value is -1.39. The van der Waals surface area contributed by atoms with E-state index in [1.54, 1.807) is 0 Å². The minimum Gasteiger partial charge on any atom is -0.464 e. The van der Waals surface area contributed by atoms with Crippen molar-refractivity contribution in [2.45, 2.75) is 207 Å². The highest BCUT2D eigenvalue weighted by Gasteiger charge is 2.40. The molecule has 0 saturated carbocycles. The molecule has 0 N–H and O–H groups in total. The molecule has 1 aliphatic heterocycles. The maximum Gasteiger partial charge on any atom is 0.329 e. The summed E-state index contributed by atoms with van der Waals surface area (Å²) in [5, 5.41) is 0. The van der Waals surface area contributed by atoms with Crippen molar-refractivity contribution < 1.29 is 19.1 Å². The predicted octanol–water partition coefficient (Wildman–Crippen LogP) is 10.9. The van der Waals surface area contributed by atoms with E-state index in [9.17, 15) is 14.4 Å². The molecule has 0 bridgehead atoms. The maximum atomic E-state index is 13.1. The number of nitrogens with zero attached hydrogens (tertiary/aromatic N) is 1. The van der Waals surface area contributed by atoms with Crippen LogP contribution >= 0.6 is 0 Å². The van der Waals surface area contributed by atoms with E-state index in [0.29, 0.717) is 25.4 Å². The third-order valence-corrected chi connectivity index (χ3v) is 9.14. The highest BCUT2D eigenvalue weighted by molar-refractivity contribution is 6.01. The lowest BCUT2D eigenvalue weighted by Gasteiger charge is -2.23. The Kier molecular flexibility index (Phi) is 25.0. The zero-order chi connectivity index (χ0) is 30.7. The molecule has 2 amide bonds. The van der Waals surface area contributed by atoms with Crippen molar-refractivity contribution in [2.24, 2.45) is 5.92 Å². The minimum absolute atomic E-state index is 0.190. The molecular weight excluding hydrogens is 522 g/mol. The van der Waals surface area contributed by atoms with Gasteiger partial charge in [0.05, 0.1) is 6.61 Å². The number of rotatable bonds is 29. The van der Waals surface area contributed by atoms with Crippen LogP contribution in [0.25, 0.3) is 0 Å². The Morgan fingerprint density at radius 1 is 0.643 bits per heavy atom. The van der Waals surface area contributed by atoms with E-state index in [2.05, 4.69) is 20.8 Å². The lowest BCUT2D eigenvalue weighted by atomic mass is 9.94. The standard InChI is InChI=1S/C37H69NO4/c1-4-7-10-13-16-18-20-23-26-29-35(39)38-34(30-31-36(38)40)37(41)42-32-33(27-24-21-15-12-9-6-3)28-25-22-19-17-14-11-8-5-2/h33-34H,4-32H2,1-3H3. The first-order valence-corrected chi connectivity index (χ1v) is 18.6. The zero-order valence-corrected chi connectivity index (χ0v) is 28.2. The number of hydrogen-bond acceptors (Lipinski definition) is 4. The number of amides is 2. The van der Waals surface area contributed by atoms with Gasteiger partial charge in [0.2, 0.25) is 11.8 Å². The van der Waals surface area contributed by atoms with Crippen molar-refractivity contribution in [1.29, 1.82) is 0 Å². The number of carbonyl (C=O) groups excluding carboxylic acids is 3. The normalized spacial score (nSPS) is 15.8. The number of carbonyl (C=O) groups is 3. The Morgan fingerprint density at radius 2 is 1.05 bits per heavy atom. The van der Waals surface area contributed by atoms with E-state index < -0.39 is 6.04 Å². The van der Waals surface area contributed by atoms with Crippen molar-refractivity contribution in [3.8, 4) is 0 Å². The Bertz CT molecular complexity index is 679. The van der Waals surface area contributed by atoms with E-state index in [1.165, 1.54) is 133 Å². The summed E-state index contributed by atoms with van der Waals surface area (Å²) in [4.78, 5) is 39.9. The second-order valence-corrected chi connectivity index (χ2v) is 13.1. The molecule has 1 heterocycles. The maximum absolute atomic E-state index is 13.1. The number of unbranched alkanes of at least 4 members (excludes halogenated alkanes) is 20. The molecule has 0 aromatic heterocycles. The first-order chi connectivity index (χ1) is 20.5. The van der Waals surface area contributed by atoms with Gasteiger partial charge < -0.3 is 4.74 Å². The Labute approximate surface area is 260 Å². The summed E-state index contributed by atoms with van der Waals surface area (Å²) < 4.78 is 5.85. The number of likely N-dealkylation sites (tertiary alicyclic amines) is 1. The molecule has 5 nitrogen and oxygen atoms in total. The summed E-state index contributed by atoms with van der Waals surface area (Å²) in [7, 11) is 0. The van der Waals surface area contributed by atoms with Crippen molar-refractivity contribution in [3.63, 3.8) is 0 Å².